The molecule has 1 N–H and O–H groups in total. The minimum Gasteiger partial charge on any atom is -0.322 e. The maximum absolute atomic E-state index is 12.5. The van der Waals surface area contributed by atoms with Crippen molar-refractivity contribution in [2.24, 2.45) is 0 Å². The normalized spacial score (nSPS) is 14.2. The zero-order chi connectivity index (χ0) is 16.4. The van der Waals surface area contributed by atoms with Crippen LogP contribution in [-0.4, -0.2) is 18.4 Å². The second kappa shape index (κ2) is 6.42. The van der Waals surface area contributed by atoms with E-state index < -0.39 is 0 Å². The molecule has 0 spiro atoms. The zero-order valence-corrected chi connectivity index (χ0v) is 13.6. The first kappa shape index (κ1) is 15.6. The van der Waals surface area contributed by atoms with E-state index in [1.165, 1.54) is 0 Å². The molecule has 0 unspecified atom stereocenters. The van der Waals surface area contributed by atoms with E-state index >= 15 is 0 Å². The molecule has 23 heavy (non-hydrogen) atoms. The van der Waals surface area contributed by atoms with E-state index in [1.54, 1.807) is 35.2 Å². The molecular weight excluding hydrogens is 312 g/mol. The van der Waals surface area contributed by atoms with Gasteiger partial charge in [-0.05, 0) is 49.2 Å². The van der Waals surface area contributed by atoms with Gasteiger partial charge in [0, 0.05) is 34.9 Å². The SMILES string of the molecule is Cc1c(Cl)cccc1NC(=O)c1cccc(N2CCCC2=O)c1. The number of nitrogens with zero attached hydrogens (tertiary/aromatic N) is 1. The molecule has 0 aliphatic carbocycles. The van der Waals surface area contributed by atoms with Crippen molar-refractivity contribution in [2.75, 3.05) is 16.8 Å². The summed E-state index contributed by atoms with van der Waals surface area (Å²) in [4.78, 5) is 26.0. The summed E-state index contributed by atoms with van der Waals surface area (Å²) in [5.74, 6) is -0.114. The zero-order valence-electron chi connectivity index (χ0n) is 12.8. The van der Waals surface area contributed by atoms with Gasteiger partial charge in [-0.15, -0.1) is 0 Å². The Bertz CT molecular complexity index is 773. The lowest BCUT2D eigenvalue weighted by Crippen LogP contribution is -2.24. The van der Waals surface area contributed by atoms with Crippen LogP contribution in [0, 0.1) is 6.92 Å². The summed E-state index contributed by atoms with van der Waals surface area (Å²) < 4.78 is 0. The number of carbonyl (C=O) groups is 2. The van der Waals surface area contributed by atoms with Crippen molar-refractivity contribution in [3.05, 3.63) is 58.6 Å². The summed E-state index contributed by atoms with van der Waals surface area (Å²) in [6, 6.07) is 12.5. The van der Waals surface area contributed by atoms with Crippen LogP contribution in [0.25, 0.3) is 0 Å². The van der Waals surface area contributed by atoms with E-state index in [0.717, 1.165) is 17.7 Å². The standard InChI is InChI=1S/C18H17ClN2O2/c1-12-15(19)7-3-8-16(12)20-18(23)13-5-2-6-14(11-13)21-10-4-9-17(21)22/h2-3,5-8,11H,4,9-10H2,1H3,(H,20,23). The molecule has 0 atom stereocenters. The van der Waals surface area contributed by atoms with Gasteiger partial charge in [0.1, 0.15) is 0 Å². The predicted molar refractivity (Wildman–Crippen MR) is 92.2 cm³/mol. The van der Waals surface area contributed by atoms with Crippen LogP contribution >= 0.6 is 11.6 Å². The molecule has 1 heterocycles. The molecule has 2 amide bonds. The third-order valence-electron chi connectivity index (χ3n) is 4.01. The van der Waals surface area contributed by atoms with E-state index in [2.05, 4.69) is 5.32 Å². The molecule has 1 fully saturated rings. The highest BCUT2D eigenvalue weighted by Gasteiger charge is 2.22. The van der Waals surface area contributed by atoms with Gasteiger partial charge >= 0.3 is 0 Å². The van der Waals surface area contributed by atoms with Crippen molar-refractivity contribution in [2.45, 2.75) is 19.8 Å². The fourth-order valence-electron chi connectivity index (χ4n) is 2.67. The molecule has 1 saturated heterocycles. The lowest BCUT2D eigenvalue weighted by molar-refractivity contribution is -0.117. The van der Waals surface area contributed by atoms with Gasteiger partial charge in [-0.1, -0.05) is 23.7 Å². The quantitative estimate of drug-likeness (QED) is 0.924. The molecule has 0 radical (unpaired) electrons. The summed E-state index contributed by atoms with van der Waals surface area (Å²) in [5, 5.41) is 3.48. The summed E-state index contributed by atoms with van der Waals surface area (Å²) in [6.45, 7) is 2.56. The number of rotatable bonds is 3. The van der Waals surface area contributed by atoms with Gasteiger partial charge in [-0.25, -0.2) is 0 Å². The number of hydrogen-bond donors (Lipinski definition) is 1. The van der Waals surface area contributed by atoms with Gasteiger partial charge in [0.25, 0.3) is 5.91 Å². The number of amides is 2. The number of halogens is 1. The molecule has 2 aromatic rings. The van der Waals surface area contributed by atoms with E-state index in [9.17, 15) is 9.59 Å². The van der Waals surface area contributed by atoms with Crippen molar-refractivity contribution in [1.82, 2.24) is 0 Å². The first-order chi connectivity index (χ1) is 11.1. The number of anilines is 2. The molecule has 118 valence electrons. The molecule has 1 aliphatic rings. The second-order valence-electron chi connectivity index (χ2n) is 5.57. The summed E-state index contributed by atoms with van der Waals surface area (Å²) in [5.41, 5.74) is 2.79. The highest BCUT2D eigenvalue weighted by Crippen LogP contribution is 2.25. The van der Waals surface area contributed by atoms with Crippen LogP contribution in [0.4, 0.5) is 11.4 Å². The van der Waals surface area contributed by atoms with Crippen LogP contribution in [0.15, 0.2) is 42.5 Å². The predicted octanol–water partition coefficient (Wildman–Crippen LogP) is 4.03. The average Bonchev–Trinajstić information content (AvgIpc) is 2.98. The van der Waals surface area contributed by atoms with Gasteiger partial charge in [0.05, 0.1) is 0 Å². The molecular formula is C18H17ClN2O2. The van der Waals surface area contributed by atoms with Gasteiger partial charge in [0.2, 0.25) is 5.91 Å². The molecule has 0 bridgehead atoms. The highest BCUT2D eigenvalue weighted by atomic mass is 35.5. The summed E-state index contributed by atoms with van der Waals surface area (Å²) in [7, 11) is 0. The maximum Gasteiger partial charge on any atom is 0.255 e. The average molecular weight is 329 g/mol. The number of carbonyl (C=O) groups excluding carboxylic acids is 2. The number of hydrogen-bond acceptors (Lipinski definition) is 2. The van der Waals surface area contributed by atoms with E-state index in [-0.39, 0.29) is 11.8 Å². The smallest absolute Gasteiger partial charge is 0.255 e. The van der Waals surface area contributed by atoms with E-state index in [1.807, 2.05) is 19.1 Å². The Morgan fingerprint density at radius 1 is 1.22 bits per heavy atom. The Kier molecular flexibility index (Phi) is 4.35. The van der Waals surface area contributed by atoms with Crippen molar-refractivity contribution < 1.29 is 9.59 Å². The lowest BCUT2D eigenvalue weighted by Gasteiger charge is -2.16. The fraction of sp³-hybridized carbons (Fsp3) is 0.222. The molecule has 3 rings (SSSR count). The molecule has 5 heteroatoms. The summed E-state index contributed by atoms with van der Waals surface area (Å²) in [6.07, 6.45) is 1.43. The third kappa shape index (κ3) is 3.22. The van der Waals surface area contributed by atoms with Gasteiger partial charge < -0.3 is 10.2 Å². The Balaban J connectivity index is 1.82. The molecule has 1 aliphatic heterocycles. The van der Waals surface area contributed by atoms with Crippen LogP contribution in [0.1, 0.15) is 28.8 Å². The topological polar surface area (TPSA) is 49.4 Å². The Morgan fingerprint density at radius 2 is 2.00 bits per heavy atom. The van der Waals surface area contributed by atoms with Crippen LogP contribution in [0.5, 0.6) is 0 Å². The Morgan fingerprint density at radius 3 is 2.74 bits per heavy atom. The van der Waals surface area contributed by atoms with E-state index in [0.29, 0.717) is 29.2 Å². The van der Waals surface area contributed by atoms with Crippen molar-refractivity contribution in [3.63, 3.8) is 0 Å². The van der Waals surface area contributed by atoms with E-state index in [4.69, 9.17) is 11.6 Å². The molecule has 2 aromatic carbocycles. The van der Waals surface area contributed by atoms with Crippen LogP contribution in [0.3, 0.4) is 0 Å². The van der Waals surface area contributed by atoms with Crippen molar-refractivity contribution in [3.8, 4) is 0 Å². The minimum atomic E-state index is -0.219. The lowest BCUT2D eigenvalue weighted by atomic mass is 10.1. The van der Waals surface area contributed by atoms with Gasteiger partial charge in [0.15, 0.2) is 0 Å². The first-order valence-electron chi connectivity index (χ1n) is 7.53. The van der Waals surface area contributed by atoms with Crippen LogP contribution in [0.2, 0.25) is 5.02 Å². The van der Waals surface area contributed by atoms with Crippen molar-refractivity contribution in [1.29, 1.82) is 0 Å². The Hall–Kier alpha value is -2.33. The Labute approximate surface area is 140 Å². The number of benzene rings is 2. The highest BCUT2D eigenvalue weighted by molar-refractivity contribution is 6.31. The first-order valence-corrected chi connectivity index (χ1v) is 7.91. The minimum absolute atomic E-state index is 0.105. The van der Waals surface area contributed by atoms with Gasteiger partial charge in [-0.2, -0.15) is 0 Å². The van der Waals surface area contributed by atoms with Crippen LogP contribution in [-0.2, 0) is 4.79 Å². The second-order valence-corrected chi connectivity index (χ2v) is 5.97. The third-order valence-corrected chi connectivity index (χ3v) is 4.42. The van der Waals surface area contributed by atoms with Crippen LogP contribution < -0.4 is 10.2 Å². The molecule has 0 saturated carbocycles. The molecule has 4 nitrogen and oxygen atoms in total. The maximum atomic E-state index is 12.5. The van der Waals surface area contributed by atoms with Crippen molar-refractivity contribution >= 4 is 34.8 Å². The molecule has 0 aromatic heterocycles. The summed E-state index contributed by atoms with van der Waals surface area (Å²) >= 11 is 6.08. The fourth-order valence-corrected chi connectivity index (χ4v) is 2.85. The largest absolute Gasteiger partial charge is 0.322 e. The number of nitrogens with one attached hydrogen (secondary N) is 1. The van der Waals surface area contributed by atoms with Gasteiger partial charge in [-0.3, -0.25) is 9.59 Å². The monoisotopic (exact) mass is 328 g/mol.